The molecule has 0 saturated heterocycles. The number of carboxylic acids is 1. The van der Waals surface area contributed by atoms with Gasteiger partial charge in [-0.3, -0.25) is 4.79 Å². The Labute approximate surface area is 185 Å². The molecule has 32 heavy (non-hydrogen) atoms. The Morgan fingerprint density at radius 2 is 1.88 bits per heavy atom. The average molecular weight is 436 g/mol. The number of aromatic carboxylic acids is 1. The van der Waals surface area contributed by atoms with Gasteiger partial charge >= 0.3 is 5.97 Å². The molecule has 1 saturated carbocycles. The molecule has 3 aromatic rings. The van der Waals surface area contributed by atoms with Crippen LogP contribution >= 0.6 is 0 Å². The molecule has 0 unspecified atom stereocenters. The predicted octanol–water partition coefficient (Wildman–Crippen LogP) is 4.19. The van der Waals surface area contributed by atoms with Crippen molar-refractivity contribution in [2.24, 2.45) is 0 Å². The predicted molar refractivity (Wildman–Crippen MR) is 118 cm³/mol. The molecule has 1 heterocycles. The number of hydrogen-bond donors (Lipinski definition) is 3. The first-order chi connectivity index (χ1) is 15.3. The summed E-state index contributed by atoms with van der Waals surface area (Å²) in [6.45, 7) is 1.99. The van der Waals surface area contributed by atoms with E-state index < -0.39 is 11.8 Å². The Hall–Kier alpha value is -3.68. The van der Waals surface area contributed by atoms with Gasteiger partial charge in [0.1, 0.15) is 5.82 Å². The largest absolute Gasteiger partial charge is 0.476 e. The fourth-order valence-electron chi connectivity index (χ4n) is 4.21. The molecule has 0 atom stereocenters. The zero-order valence-corrected chi connectivity index (χ0v) is 17.8. The van der Waals surface area contributed by atoms with Crippen LogP contribution < -0.4 is 11.1 Å². The maximum absolute atomic E-state index is 13.5. The highest BCUT2D eigenvalue weighted by Gasteiger charge is 2.28. The van der Waals surface area contributed by atoms with Gasteiger partial charge in [-0.25, -0.2) is 13.9 Å². The number of hydrogen-bond acceptors (Lipinski definition) is 4. The van der Waals surface area contributed by atoms with Crippen LogP contribution in [0.5, 0.6) is 0 Å². The summed E-state index contributed by atoms with van der Waals surface area (Å²) in [6.07, 6.45) is 4.11. The molecular weight excluding hydrogens is 411 g/mol. The van der Waals surface area contributed by atoms with Gasteiger partial charge in [-0.2, -0.15) is 5.10 Å². The maximum atomic E-state index is 13.5. The van der Waals surface area contributed by atoms with Gasteiger partial charge in [-0.1, -0.05) is 31.0 Å². The number of benzene rings is 2. The van der Waals surface area contributed by atoms with Crippen LogP contribution in [0.15, 0.2) is 42.5 Å². The molecule has 4 N–H and O–H groups in total. The summed E-state index contributed by atoms with van der Waals surface area (Å²) in [5.41, 5.74) is 9.39. The van der Waals surface area contributed by atoms with Crippen LogP contribution in [0, 0.1) is 12.7 Å². The molecule has 1 aromatic heterocycles. The van der Waals surface area contributed by atoms with E-state index in [0.29, 0.717) is 22.5 Å². The molecule has 7 nitrogen and oxygen atoms in total. The second-order valence-corrected chi connectivity index (χ2v) is 8.15. The van der Waals surface area contributed by atoms with E-state index in [1.165, 1.54) is 16.8 Å². The van der Waals surface area contributed by atoms with Crippen LogP contribution in [0.2, 0.25) is 0 Å². The molecule has 1 amide bonds. The van der Waals surface area contributed by atoms with Crippen molar-refractivity contribution < 1.29 is 19.1 Å². The summed E-state index contributed by atoms with van der Waals surface area (Å²) in [6, 6.07) is 11.1. The number of nitrogen functional groups attached to an aromatic ring is 1. The molecule has 0 aliphatic heterocycles. The number of nitrogens with one attached hydrogen (secondary N) is 1. The standard InChI is InChI=1S/C24H25FN4O3/c1-14-6-9-17(25)12-19(14)23(30)27-13-15-7-10-18(11-8-15)29-22(24(31)32)20(26)21(28-29)16-4-2-3-5-16/h6-12,16H,2-5,13,26H2,1H3,(H,27,30)(H,31,32). The minimum Gasteiger partial charge on any atom is -0.476 e. The highest BCUT2D eigenvalue weighted by molar-refractivity contribution is 5.95. The molecule has 0 bridgehead atoms. The molecule has 1 fully saturated rings. The summed E-state index contributed by atoms with van der Waals surface area (Å²) in [7, 11) is 0. The van der Waals surface area contributed by atoms with E-state index in [9.17, 15) is 19.1 Å². The first-order valence-electron chi connectivity index (χ1n) is 10.6. The lowest BCUT2D eigenvalue weighted by Gasteiger charge is -2.09. The van der Waals surface area contributed by atoms with Crippen molar-refractivity contribution in [3.05, 3.63) is 76.4 Å². The summed E-state index contributed by atoms with van der Waals surface area (Å²) in [5.74, 6) is -1.76. The van der Waals surface area contributed by atoms with Crippen molar-refractivity contribution in [3.8, 4) is 5.69 Å². The monoisotopic (exact) mass is 436 g/mol. The number of halogens is 1. The third-order valence-electron chi connectivity index (χ3n) is 5.97. The van der Waals surface area contributed by atoms with E-state index in [0.717, 1.165) is 31.2 Å². The van der Waals surface area contributed by atoms with Gasteiger partial charge in [0.15, 0.2) is 5.69 Å². The Morgan fingerprint density at radius 3 is 2.53 bits per heavy atom. The van der Waals surface area contributed by atoms with Crippen LogP contribution in [0.25, 0.3) is 5.69 Å². The van der Waals surface area contributed by atoms with Gasteiger partial charge < -0.3 is 16.2 Å². The summed E-state index contributed by atoms with van der Waals surface area (Å²) in [4.78, 5) is 24.3. The lowest BCUT2D eigenvalue weighted by Crippen LogP contribution is -2.23. The van der Waals surface area contributed by atoms with Crippen molar-refractivity contribution in [2.45, 2.75) is 45.1 Å². The van der Waals surface area contributed by atoms with Gasteiger partial charge in [0.25, 0.3) is 5.91 Å². The number of amides is 1. The van der Waals surface area contributed by atoms with E-state index in [2.05, 4.69) is 10.4 Å². The average Bonchev–Trinajstić information content (AvgIpc) is 3.42. The lowest BCUT2D eigenvalue weighted by atomic mass is 10.0. The Morgan fingerprint density at radius 1 is 1.19 bits per heavy atom. The Balaban J connectivity index is 1.52. The van der Waals surface area contributed by atoms with Gasteiger partial charge in [0.2, 0.25) is 0 Å². The number of aryl methyl sites for hydroxylation is 1. The second-order valence-electron chi connectivity index (χ2n) is 8.15. The van der Waals surface area contributed by atoms with Gasteiger partial charge in [0, 0.05) is 18.0 Å². The number of aromatic nitrogens is 2. The smallest absolute Gasteiger partial charge is 0.356 e. The van der Waals surface area contributed by atoms with E-state index in [-0.39, 0.29) is 29.8 Å². The highest BCUT2D eigenvalue weighted by atomic mass is 19.1. The van der Waals surface area contributed by atoms with Gasteiger partial charge in [0.05, 0.1) is 17.1 Å². The zero-order chi connectivity index (χ0) is 22.8. The molecule has 4 rings (SSSR count). The van der Waals surface area contributed by atoms with Crippen molar-refractivity contribution in [1.29, 1.82) is 0 Å². The lowest BCUT2D eigenvalue weighted by molar-refractivity contribution is 0.0688. The quantitative estimate of drug-likeness (QED) is 0.537. The van der Waals surface area contributed by atoms with E-state index in [1.54, 1.807) is 37.3 Å². The first kappa shape index (κ1) is 21.5. The molecule has 0 radical (unpaired) electrons. The summed E-state index contributed by atoms with van der Waals surface area (Å²) < 4.78 is 14.8. The van der Waals surface area contributed by atoms with Crippen LogP contribution in [-0.4, -0.2) is 26.8 Å². The molecule has 166 valence electrons. The number of carboxylic acid groups (broad SMARTS) is 1. The van der Waals surface area contributed by atoms with E-state index in [4.69, 9.17) is 5.73 Å². The molecule has 1 aliphatic carbocycles. The number of carbonyl (C=O) groups is 2. The van der Waals surface area contributed by atoms with Crippen LogP contribution in [-0.2, 0) is 6.54 Å². The van der Waals surface area contributed by atoms with Crippen molar-refractivity contribution >= 4 is 17.6 Å². The van der Waals surface area contributed by atoms with Crippen LogP contribution in [0.1, 0.15) is 69.3 Å². The second kappa shape index (κ2) is 8.82. The molecule has 2 aromatic carbocycles. The minimum absolute atomic E-state index is 0.0328. The zero-order valence-electron chi connectivity index (χ0n) is 17.8. The Kier molecular flexibility index (Phi) is 5.94. The number of rotatable bonds is 6. The van der Waals surface area contributed by atoms with Crippen LogP contribution in [0.3, 0.4) is 0 Å². The summed E-state index contributed by atoms with van der Waals surface area (Å²) in [5, 5.41) is 17.0. The maximum Gasteiger partial charge on any atom is 0.356 e. The minimum atomic E-state index is -1.12. The molecule has 0 spiro atoms. The molecule has 8 heteroatoms. The number of anilines is 1. The van der Waals surface area contributed by atoms with E-state index in [1.807, 2.05) is 0 Å². The van der Waals surface area contributed by atoms with E-state index >= 15 is 0 Å². The van der Waals surface area contributed by atoms with Crippen LogP contribution in [0.4, 0.5) is 10.1 Å². The molecule has 1 aliphatic rings. The first-order valence-corrected chi connectivity index (χ1v) is 10.6. The molecular formula is C24H25FN4O3. The number of nitrogens with zero attached hydrogens (tertiary/aromatic N) is 2. The third-order valence-corrected chi connectivity index (χ3v) is 5.97. The van der Waals surface area contributed by atoms with Crippen molar-refractivity contribution in [2.75, 3.05) is 5.73 Å². The SMILES string of the molecule is Cc1ccc(F)cc1C(=O)NCc1ccc(-n2nc(C3CCCC3)c(N)c2C(=O)O)cc1. The number of carbonyl (C=O) groups excluding carboxylic acids is 1. The third kappa shape index (κ3) is 4.21. The fourth-order valence-corrected chi connectivity index (χ4v) is 4.21. The summed E-state index contributed by atoms with van der Waals surface area (Å²) >= 11 is 0. The topological polar surface area (TPSA) is 110 Å². The fraction of sp³-hybridized carbons (Fsp3) is 0.292. The van der Waals surface area contributed by atoms with Gasteiger partial charge in [-0.15, -0.1) is 0 Å². The number of nitrogens with two attached hydrogens (primary N) is 1. The Bertz CT molecular complexity index is 1160. The van der Waals surface area contributed by atoms with Gasteiger partial charge in [-0.05, 0) is 55.2 Å². The van der Waals surface area contributed by atoms with Crippen molar-refractivity contribution in [3.63, 3.8) is 0 Å². The van der Waals surface area contributed by atoms with Crippen molar-refractivity contribution in [1.82, 2.24) is 15.1 Å². The normalized spacial score (nSPS) is 13.9. The highest BCUT2D eigenvalue weighted by Crippen LogP contribution is 2.38.